The number of pyridine rings is 1. The van der Waals surface area contributed by atoms with E-state index >= 15 is 0 Å². The third-order valence-corrected chi connectivity index (χ3v) is 5.98. The molecule has 7 nitrogen and oxygen atoms in total. The fourth-order valence-electron chi connectivity index (χ4n) is 4.12. The molecule has 0 fully saturated rings. The number of benzene rings is 2. The zero-order valence-electron chi connectivity index (χ0n) is 21.8. The molecule has 38 heavy (non-hydrogen) atoms. The summed E-state index contributed by atoms with van der Waals surface area (Å²) in [5.74, 6) is -4.46. The van der Waals surface area contributed by atoms with Crippen molar-refractivity contribution in [2.45, 2.75) is 46.1 Å². The van der Waals surface area contributed by atoms with Crippen molar-refractivity contribution in [2.24, 2.45) is 5.92 Å². The van der Waals surface area contributed by atoms with Gasteiger partial charge in [-0.25, -0.2) is 13.8 Å². The molecule has 0 N–H and O–H groups in total. The second kappa shape index (κ2) is 12.4. The zero-order chi connectivity index (χ0) is 28.0. The number of aryl methyl sites for hydroxylation is 1. The molecule has 0 aliphatic rings. The molecule has 0 unspecified atom stereocenters. The van der Waals surface area contributed by atoms with Gasteiger partial charge in [0, 0.05) is 31.5 Å². The van der Waals surface area contributed by atoms with Gasteiger partial charge in [-0.2, -0.15) is 0 Å². The van der Waals surface area contributed by atoms with Crippen LogP contribution in [0, 0.1) is 24.5 Å². The van der Waals surface area contributed by atoms with Crippen LogP contribution in [0.15, 0.2) is 54.7 Å². The molecular formula is C29H29F2NO6. The predicted molar refractivity (Wildman–Crippen MR) is 135 cm³/mol. The molecule has 0 saturated carbocycles. The summed E-state index contributed by atoms with van der Waals surface area (Å²) in [6, 6.07) is 11.7. The standard InChI is InChI=1S/C29H29F2NO6/c1-16-6-11-22(23(31)14-16)26(20-7-9-21(30)10-8-20)18(3)37-29(35)17(2)15-24(34)27-28(38-19(4)33)25(36-5)12-13-32-27/h6-14,17-18,26H,15H2,1-5H3/t17-,18+,26-/m1/s1. The lowest BCUT2D eigenvalue weighted by Crippen LogP contribution is -2.28. The molecule has 9 heteroatoms. The Hall–Kier alpha value is -4.14. The minimum absolute atomic E-state index is 0.132. The van der Waals surface area contributed by atoms with Crippen LogP contribution in [0.2, 0.25) is 0 Å². The zero-order valence-corrected chi connectivity index (χ0v) is 21.8. The minimum atomic E-state index is -0.903. The minimum Gasteiger partial charge on any atom is -0.493 e. The highest BCUT2D eigenvalue weighted by atomic mass is 19.1. The van der Waals surface area contributed by atoms with Crippen LogP contribution in [0.3, 0.4) is 0 Å². The van der Waals surface area contributed by atoms with E-state index in [0.717, 1.165) is 5.56 Å². The van der Waals surface area contributed by atoms with E-state index in [4.69, 9.17) is 14.2 Å². The van der Waals surface area contributed by atoms with Crippen molar-refractivity contribution in [1.29, 1.82) is 0 Å². The Balaban J connectivity index is 1.82. The van der Waals surface area contributed by atoms with E-state index in [2.05, 4.69) is 4.98 Å². The van der Waals surface area contributed by atoms with Gasteiger partial charge in [-0.1, -0.05) is 31.2 Å². The third kappa shape index (κ3) is 6.79. The van der Waals surface area contributed by atoms with Crippen LogP contribution in [0.25, 0.3) is 0 Å². The Kier molecular flexibility index (Phi) is 9.28. The monoisotopic (exact) mass is 525 g/mol. The number of hydrogen-bond acceptors (Lipinski definition) is 7. The maximum atomic E-state index is 15.0. The SMILES string of the molecule is COc1ccnc(C(=O)C[C@@H](C)C(=O)O[C@@H](C)[C@H](c2ccc(F)cc2)c2ccc(C)cc2F)c1OC(C)=O. The molecule has 3 atom stereocenters. The second-order valence-corrected chi connectivity index (χ2v) is 9.01. The fourth-order valence-corrected chi connectivity index (χ4v) is 4.12. The van der Waals surface area contributed by atoms with Crippen LogP contribution < -0.4 is 9.47 Å². The van der Waals surface area contributed by atoms with Crippen molar-refractivity contribution in [3.8, 4) is 11.5 Å². The lowest BCUT2D eigenvalue weighted by atomic mass is 9.86. The van der Waals surface area contributed by atoms with Gasteiger partial charge in [-0.05, 0) is 48.7 Å². The molecule has 1 heterocycles. The van der Waals surface area contributed by atoms with Gasteiger partial charge in [0.05, 0.1) is 13.0 Å². The highest BCUT2D eigenvalue weighted by Crippen LogP contribution is 2.34. The van der Waals surface area contributed by atoms with E-state index in [1.54, 1.807) is 26.0 Å². The van der Waals surface area contributed by atoms with E-state index in [-0.39, 0.29) is 29.2 Å². The molecule has 0 radical (unpaired) electrons. The number of hydrogen-bond donors (Lipinski definition) is 0. The van der Waals surface area contributed by atoms with Crippen LogP contribution in [-0.4, -0.2) is 35.9 Å². The average Bonchev–Trinajstić information content (AvgIpc) is 2.86. The number of aromatic nitrogens is 1. The van der Waals surface area contributed by atoms with Gasteiger partial charge in [0.15, 0.2) is 17.2 Å². The number of ether oxygens (including phenoxy) is 3. The van der Waals surface area contributed by atoms with Crippen molar-refractivity contribution in [2.75, 3.05) is 7.11 Å². The molecule has 0 saturated heterocycles. The quantitative estimate of drug-likeness (QED) is 0.252. The number of Topliss-reactive ketones (excluding diaryl/α,β-unsaturated/α-hetero) is 1. The Labute approximate surface area is 219 Å². The Morgan fingerprint density at radius 2 is 1.68 bits per heavy atom. The van der Waals surface area contributed by atoms with Crippen molar-refractivity contribution < 1.29 is 37.4 Å². The Morgan fingerprint density at radius 3 is 2.29 bits per heavy atom. The van der Waals surface area contributed by atoms with Gasteiger partial charge in [0.1, 0.15) is 17.7 Å². The number of methoxy groups -OCH3 is 1. The average molecular weight is 526 g/mol. The van der Waals surface area contributed by atoms with Crippen LogP contribution in [0.4, 0.5) is 8.78 Å². The lowest BCUT2D eigenvalue weighted by Gasteiger charge is -2.27. The molecule has 200 valence electrons. The highest BCUT2D eigenvalue weighted by molar-refractivity contribution is 5.99. The van der Waals surface area contributed by atoms with E-state index in [1.165, 1.54) is 63.6 Å². The van der Waals surface area contributed by atoms with E-state index in [0.29, 0.717) is 5.56 Å². The van der Waals surface area contributed by atoms with E-state index in [1.807, 2.05) is 0 Å². The lowest BCUT2D eigenvalue weighted by molar-refractivity contribution is -0.153. The summed E-state index contributed by atoms with van der Waals surface area (Å²) in [6.07, 6.45) is 0.183. The first-order chi connectivity index (χ1) is 18.0. The van der Waals surface area contributed by atoms with E-state index < -0.39 is 47.3 Å². The maximum absolute atomic E-state index is 15.0. The van der Waals surface area contributed by atoms with Gasteiger partial charge in [-0.15, -0.1) is 0 Å². The molecule has 2 aromatic carbocycles. The van der Waals surface area contributed by atoms with Crippen LogP contribution in [0.5, 0.6) is 11.5 Å². The van der Waals surface area contributed by atoms with Crippen molar-refractivity contribution >= 4 is 17.7 Å². The number of rotatable bonds is 10. The molecule has 0 amide bonds. The van der Waals surface area contributed by atoms with Gasteiger partial charge in [0.25, 0.3) is 0 Å². The number of nitrogens with zero attached hydrogens (tertiary/aromatic N) is 1. The van der Waals surface area contributed by atoms with Crippen LogP contribution in [0.1, 0.15) is 60.3 Å². The highest BCUT2D eigenvalue weighted by Gasteiger charge is 2.31. The molecular weight excluding hydrogens is 496 g/mol. The summed E-state index contributed by atoms with van der Waals surface area (Å²) in [6.45, 7) is 6.06. The molecule has 0 aliphatic heterocycles. The van der Waals surface area contributed by atoms with Crippen molar-refractivity contribution in [1.82, 2.24) is 4.98 Å². The summed E-state index contributed by atoms with van der Waals surface area (Å²) in [7, 11) is 1.35. The molecule has 0 aliphatic carbocycles. The Bertz CT molecular complexity index is 1330. The third-order valence-electron chi connectivity index (χ3n) is 5.98. The van der Waals surface area contributed by atoms with Crippen LogP contribution >= 0.6 is 0 Å². The summed E-state index contributed by atoms with van der Waals surface area (Å²) < 4.78 is 44.5. The molecule has 0 bridgehead atoms. The number of esters is 2. The second-order valence-electron chi connectivity index (χ2n) is 9.01. The summed E-state index contributed by atoms with van der Waals surface area (Å²) in [4.78, 5) is 41.5. The smallest absolute Gasteiger partial charge is 0.309 e. The molecule has 1 aromatic heterocycles. The molecule has 0 spiro atoms. The Morgan fingerprint density at radius 1 is 1.00 bits per heavy atom. The van der Waals surface area contributed by atoms with Crippen molar-refractivity contribution in [3.63, 3.8) is 0 Å². The first-order valence-electron chi connectivity index (χ1n) is 12.0. The largest absolute Gasteiger partial charge is 0.493 e. The number of carbonyl (C=O) groups excluding carboxylic acids is 3. The normalized spacial score (nSPS) is 13.2. The van der Waals surface area contributed by atoms with Crippen molar-refractivity contribution in [3.05, 3.63) is 88.7 Å². The summed E-state index contributed by atoms with van der Waals surface area (Å²) in [5, 5.41) is 0. The van der Waals surface area contributed by atoms with Gasteiger partial charge in [-0.3, -0.25) is 14.4 Å². The molecule has 3 rings (SSSR count). The summed E-state index contributed by atoms with van der Waals surface area (Å²) in [5.41, 5.74) is 1.42. The van der Waals surface area contributed by atoms with Gasteiger partial charge < -0.3 is 14.2 Å². The first kappa shape index (κ1) is 28.4. The number of ketones is 1. The topological polar surface area (TPSA) is 91.8 Å². The van der Waals surface area contributed by atoms with Gasteiger partial charge >= 0.3 is 11.9 Å². The van der Waals surface area contributed by atoms with Gasteiger partial charge in [0.2, 0.25) is 5.75 Å². The molecule has 3 aromatic rings. The number of halogens is 2. The first-order valence-corrected chi connectivity index (χ1v) is 12.0. The van der Waals surface area contributed by atoms with Crippen LogP contribution in [-0.2, 0) is 14.3 Å². The predicted octanol–water partition coefficient (Wildman–Crippen LogP) is 5.57. The number of carbonyl (C=O) groups is 3. The summed E-state index contributed by atoms with van der Waals surface area (Å²) >= 11 is 0. The maximum Gasteiger partial charge on any atom is 0.309 e. The fraction of sp³-hybridized carbons (Fsp3) is 0.310. The van der Waals surface area contributed by atoms with E-state index in [9.17, 15) is 23.2 Å².